The monoisotopic (exact) mass is 282 g/mol. The van der Waals surface area contributed by atoms with Crippen molar-refractivity contribution in [3.63, 3.8) is 0 Å². The number of nitrogens with zero attached hydrogens (tertiary/aromatic N) is 1. The van der Waals surface area contributed by atoms with Crippen molar-refractivity contribution in [2.45, 2.75) is 6.10 Å². The Balaban J connectivity index is 1.67. The van der Waals surface area contributed by atoms with Gasteiger partial charge in [0.25, 0.3) is 5.91 Å². The summed E-state index contributed by atoms with van der Waals surface area (Å²) in [7, 11) is 2.02. The van der Waals surface area contributed by atoms with Crippen molar-refractivity contribution >= 4 is 5.91 Å². The topological polar surface area (TPSA) is 50.8 Å². The van der Waals surface area contributed by atoms with Crippen LogP contribution in [0.25, 0.3) is 0 Å². The van der Waals surface area contributed by atoms with Gasteiger partial charge in [-0.3, -0.25) is 4.79 Å². The van der Waals surface area contributed by atoms with Crippen LogP contribution in [0.4, 0.5) is 4.39 Å². The van der Waals surface area contributed by atoms with Crippen LogP contribution < -0.4 is 10.1 Å². The van der Waals surface area contributed by atoms with Gasteiger partial charge in [-0.25, -0.2) is 4.39 Å². The molecule has 0 aliphatic carbocycles. The molecule has 2 rings (SSSR count). The van der Waals surface area contributed by atoms with Gasteiger partial charge in [0, 0.05) is 25.7 Å². The van der Waals surface area contributed by atoms with E-state index in [1.807, 2.05) is 7.05 Å². The van der Waals surface area contributed by atoms with Crippen LogP contribution in [0, 0.1) is 5.82 Å². The zero-order valence-electron chi connectivity index (χ0n) is 11.5. The predicted octanol–water partition coefficient (Wildman–Crippen LogP) is 0.651. The van der Waals surface area contributed by atoms with Gasteiger partial charge in [-0.1, -0.05) is 6.07 Å². The van der Waals surface area contributed by atoms with Gasteiger partial charge in [-0.2, -0.15) is 0 Å². The number of morpholine rings is 1. The fourth-order valence-electron chi connectivity index (χ4n) is 1.97. The zero-order valence-corrected chi connectivity index (χ0v) is 11.5. The first-order chi connectivity index (χ1) is 9.63. The van der Waals surface area contributed by atoms with E-state index in [1.165, 1.54) is 18.2 Å². The summed E-state index contributed by atoms with van der Waals surface area (Å²) in [4.78, 5) is 13.8. The SMILES string of the molecule is CN1CCOC(CNC(=O)COc2cccc(F)c2)C1. The number of halogens is 1. The first-order valence-electron chi connectivity index (χ1n) is 6.58. The molecule has 0 radical (unpaired) electrons. The van der Waals surface area contributed by atoms with Crippen molar-refractivity contribution in [2.75, 3.05) is 39.9 Å². The van der Waals surface area contributed by atoms with E-state index in [0.717, 1.165) is 13.1 Å². The lowest BCUT2D eigenvalue weighted by Crippen LogP contribution is -2.46. The maximum Gasteiger partial charge on any atom is 0.258 e. The molecule has 1 N–H and O–H groups in total. The average molecular weight is 282 g/mol. The minimum Gasteiger partial charge on any atom is -0.484 e. The summed E-state index contributed by atoms with van der Waals surface area (Å²) < 4.78 is 23.7. The second-order valence-corrected chi connectivity index (χ2v) is 4.81. The number of carbonyl (C=O) groups excluding carboxylic acids is 1. The molecule has 1 amide bonds. The van der Waals surface area contributed by atoms with Gasteiger partial charge in [0.1, 0.15) is 11.6 Å². The molecule has 0 aromatic heterocycles. The van der Waals surface area contributed by atoms with Crippen molar-refractivity contribution in [1.29, 1.82) is 0 Å². The molecule has 1 heterocycles. The van der Waals surface area contributed by atoms with Gasteiger partial charge in [-0.05, 0) is 19.2 Å². The van der Waals surface area contributed by atoms with E-state index in [0.29, 0.717) is 18.9 Å². The van der Waals surface area contributed by atoms with Crippen molar-refractivity contribution in [2.24, 2.45) is 0 Å². The summed E-state index contributed by atoms with van der Waals surface area (Å²) in [6, 6.07) is 5.71. The number of likely N-dealkylation sites (N-methyl/N-ethyl adjacent to an activating group) is 1. The second-order valence-electron chi connectivity index (χ2n) is 4.81. The maximum atomic E-state index is 12.9. The van der Waals surface area contributed by atoms with Crippen LogP contribution in [-0.4, -0.2) is 56.8 Å². The Labute approximate surface area is 117 Å². The first kappa shape index (κ1) is 14.7. The molecule has 1 aromatic carbocycles. The predicted molar refractivity (Wildman–Crippen MR) is 72.1 cm³/mol. The quantitative estimate of drug-likeness (QED) is 0.861. The Morgan fingerprint density at radius 1 is 1.60 bits per heavy atom. The highest BCUT2D eigenvalue weighted by Crippen LogP contribution is 2.11. The molecule has 1 saturated heterocycles. The second kappa shape index (κ2) is 7.21. The maximum absolute atomic E-state index is 12.9. The lowest BCUT2D eigenvalue weighted by Gasteiger charge is -2.30. The Bertz CT molecular complexity index is 456. The van der Waals surface area contributed by atoms with Gasteiger partial charge in [0.15, 0.2) is 6.61 Å². The normalized spacial score (nSPS) is 19.6. The highest BCUT2D eigenvalue weighted by molar-refractivity contribution is 5.77. The third-order valence-electron chi connectivity index (χ3n) is 3.03. The van der Waals surface area contributed by atoms with E-state index in [1.54, 1.807) is 6.07 Å². The van der Waals surface area contributed by atoms with Gasteiger partial charge >= 0.3 is 0 Å². The van der Waals surface area contributed by atoms with Crippen LogP contribution in [0.15, 0.2) is 24.3 Å². The molecule has 0 saturated carbocycles. The number of hydrogen-bond acceptors (Lipinski definition) is 4. The summed E-state index contributed by atoms with van der Waals surface area (Å²) in [5, 5.41) is 2.75. The molecule has 110 valence electrons. The highest BCUT2D eigenvalue weighted by Gasteiger charge is 2.18. The van der Waals surface area contributed by atoms with E-state index >= 15 is 0 Å². The van der Waals surface area contributed by atoms with Crippen LogP contribution in [0.3, 0.4) is 0 Å². The number of ether oxygens (including phenoxy) is 2. The third kappa shape index (κ3) is 4.79. The van der Waals surface area contributed by atoms with Gasteiger partial charge < -0.3 is 19.7 Å². The molecule has 0 bridgehead atoms. The number of amides is 1. The number of nitrogens with one attached hydrogen (secondary N) is 1. The number of rotatable bonds is 5. The summed E-state index contributed by atoms with van der Waals surface area (Å²) >= 11 is 0. The molecule has 1 atom stereocenters. The van der Waals surface area contributed by atoms with E-state index in [-0.39, 0.29) is 24.4 Å². The molecule has 1 unspecified atom stereocenters. The molecule has 0 spiro atoms. The summed E-state index contributed by atoms with van der Waals surface area (Å²) in [5.41, 5.74) is 0. The smallest absolute Gasteiger partial charge is 0.258 e. The van der Waals surface area contributed by atoms with Gasteiger partial charge in [0.2, 0.25) is 0 Å². The molecule has 1 aliphatic rings. The van der Waals surface area contributed by atoms with E-state index < -0.39 is 0 Å². The number of carbonyl (C=O) groups is 1. The van der Waals surface area contributed by atoms with Crippen LogP contribution in [0.2, 0.25) is 0 Å². The molecular weight excluding hydrogens is 263 g/mol. The highest BCUT2D eigenvalue weighted by atomic mass is 19.1. The van der Waals surface area contributed by atoms with E-state index in [2.05, 4.69) is 10.2 Å². The van der Waals surface area contributed by atoms with Crippen LogP contribution in [-0.2, 0) is 9.53 Å². The van der Waals surface area contributed by atoms with Gasteiger partial charge in [-0.15, -0.1) is 0 Å². The molecule has 6 heteroatoms. The van der Waals surface area contributed by atoms with Crippen molar-refractivity contribution < 1.29 is 18.7 Å². The fourth-order valence-corrected chi connectivity index (χ4v) is 1.97. The van der Waals surface area contributed by atoms with E-state index in [4.69, 9.17) is 9.47 Å². The van der Waals surface area contributed by atoms with Crippen LogP contribution in [0.5, 0.6) is 5.75 Å². The minimum atomic E-state index is -0.387. The Morgan fingerprint density at radius 2 is 2.45 bits per heavy atom. The molecule has 1 aromatic rings. The standard InChI is InChI=1S/C14H19FN2O3/c1-17-5-6-19-13(9-17)8-16-14(18)10-20-12-4-2-3-11(15)7-12/h2-4,7,13H,5-6,8-10H2,1H3,(H,16,18). The largest absolute Gasteiger partial charge is 0.484 e. The first-order valence-corrected chi connectivity index (χ1v) is 6.58. The van der Waals surface area contributed by atoms with E-state index in [9.17, 15) is 9.18 Å². The van der Waals surface area contributed by atoms with Gasteiger partial charge in [0.05, 0.1) is 12.7 Å². The molecule has 5 nitrogen and oxygen atoms in total. The Morgan fingerprint density at radius 3 is 3.20 bits per heavy atom. The summed E-state index contributed by atoms with van der Waals surface area (Å²) in [6.45, 7) is 2.71. The average Bonchev–Trinajstić information content (AvgIpc) is 2.43. The lowest BCUT2D eigenvalue weighted by atomic mass is 10.3. The minimum absolute atomic E-state index is 0.00636. The third-order valence-corrected chi connectivity index (χ3v) is 3.03. The van der Waals surface area contributed by atoms with Crippen LogP contribution in [0.1, 0.15) is 0 Å². The van der Waals surface area contributed by atoms with Crippen molar-refractivity contribution in [3.8, 4) is 5.75 Å². The van der Waals surface area contributed by atoms with Crippen molar-refractivity contribution in [3.05, 3.63) is 30.1 Å². The number of benzene rings is 1. The molecule has 1 fully saturated rings. The number of hydrogen-bond donors (Lipinski definition) is 1. The molecule has 1 aliphatic heterocycles. The van der Waals surface area contributed by atoms with Crippen LogP contribution >= 0.6 is 0 Å². The zero-order chi connectivity index (χ0) is 14.4. The lowest BCUT2D eigenvalue weighted by molar-refractivity contribution is -0.124. The Hall–Kier alpha value is -1.66. The molecule has 20 heavy (non-hydrogen) atoms. The Kier molecular flexibility index (Phi) is 5.31. The molecular formula is C14H19FN2O3. The summed E-state index contributed by atoms with van der Waals surface area (Å²) in [5.74, 6) is -0.290. The fraction of sp³-hybridized carbons (Fsp3) is 0.500. The van der Waals surface area contributed by atoms with Crippen molar-refractivity contribution in [1.82, 2.24) is 10.2 Å². The summed E-state index contributed by atoms with van der Waals surface area (Å²) in [6.07, 6.45) is 0.00636.